The van der Waals surface area contributed by atoms with E-state index in [2.05, 4.69) is 17.4 Å². The van der Waals surface area contributed by atoms with Crippen LogP contribution in [0.2, 0.25) is 10.0 Å². The van der Waals surface area contributed by atoms with Crippen molar-refractivity contribution in [1.82, 2.24) is 5.32 Å². The number of hydrogen-bond acceptors (Lipinski definition) is 4. The van der Waals surface area contributed by atoms with Crippen molar-refractivity contribution in [2.75, 3.05) is 6.61 Å². The van der Waals surface area contributed by atoms with Gasteiger partial charge in [0.2, 0.25) is 0 Å². The van der Waals surface area contributed by atoms with E-state index < -0.39 is 0 Å². The van der Waals surface area contributed by atoms with Gasteiger partial charge in [0.05, 0.1) is 17.4 Å². The van der Waals surface area contributed by atoms with E-state index in [-0.39, 0.29) is 17.9 Å². The molecule has 0 bridgehead atoms. The summed E-state index contributed by atoms with van der Waals surface area (Å²) in [5, 5.41) is 15.0. The van der Waals surface area contributed by atoms with E-state index in [4.69, 9.17) is 32.7 Å². The molecule has 0 radical (unpaired) electrons. The number of hydrogen-bond donors (Lipinski definition) is 2. The number of amides is 1. The molecule has 1 aliphatic heterocycles. The quantitative estimate of drug-likeness (QED) is 0.294. The minimum absolute atomic E-state index is 0.0822. The standard InChI is InChI=1S/C32H31Cl2NO4/c33-23-10-6-19(7-11-23)22-2-1-3-24(16-22)35-32(37)21-8-12-25(13-9-21)39-30-18-29-27(17-28(30)34)26(14-15-38-29)31(36)20-4-5-20/h6-13,17-18,22,24,26,36H,1-5,14-16H2,(H,35,37). The van der Waals surface area contributed by atoms with Gasteiger partial charge in [0.15, 0.2) is 0 Å². The molecule has 5 nitrogen and oxygen atoms in total. The highest BCUT2D eigenvalue weighted by Crippen LogP contribution is 2.46. The molecule has 7 heteroatoms. The number of halogens is 2. The minimum atomic E-state index is -0.0841. The number of aliphatic hydroxyl groups excluding tert-OH is 1. The third kappa shape index (κ3) is 5.90. The van der Waals surface area contributed by atoms with Gasteiger partial charge < -0.3 is 19.9 Å². The zero-order chi connectivity index (χ0) is 26.9. The lowest BCUT2D eigenvalue weighted by Crippen LogP contribution is -2.37. The molecule has 1 amide bonds. The Kier molecular flexibility index (Phi) is 7.46. The molecule has 2 saturated carbocycles. The summed E-state index contributed by atoms with van der Waals surface area (Å²) in [5.74, 6) is 2.45. The van der Waals surface area contributed by atoms with Crippen molar-refractivity contribution in [3.05, 3.63) is 98.7 Å². The van der Waals surface area contributed by atoms with E-state index in [1.807, 2.05) is 18.2 Å². The topological polar surface area (TPSA) is 67.8 Å². The number of rotatable bonds is 6. The lowest BCUT2D eigenvalue weighted by Gasteiger charge is -2.30. The largest absolute Gasteiger partial charge is 0.512 e. The van der Waals surface area contributed by atoms with Gasteiger partial charge in [-0.2, -0.15) is 0 Å². The van der Waals surface area contributed by atoms with Gasteiger partial charge in [-0.15, -0.1) is 0 Å². The third-order valence-electron chi connectivity index (χ3n) is 7.99. The van der Waals surface area contributed by atoms with Crippen LogP contribution in [0.1, 0.15) is 78.3 Å². The number of aliphatic hydroxyl groups is 1. The summed E-state index contributed by atoms with van der Waals surface area (Å²) in [5.41, 5.74) is 3.88. The summed E-state index contributed by atoms with van der Waals surface area (Å²) in [6, 6.07) is 18.9. The average molecular weight is 565 g/mol. The molecule has 0 aromatic heterocycles. The second kappa shape index (κ2) is 11.1. The molecular weight excluding hydrogens is 533 g/mol. The van der Waals surface area contributed by atoms with Crippen molar-refractivity contribution in [1.29, 1.82) is 0 Å². The van der Waals surface area contributed by atoms with Crippen molar-refractivity contribution in [3.63, 3.8) is 0 Å². The number of carbonyl (C=O) groups is 1. The van der Waals surface area contributed by atoms with Gasteiger partial charge in [0, 0.05) is 34.2 Å². The first-order chi connectivity index (χ1) is 18.9. The summed E-state index contributed by atoms with van der Waals surface area (Å²) >= 11 is 12.6. The fourth-order valence-electron chi connectivity index (χ4n) is 5.75. The van der Waals surface area contributed by atoms with Gasteiger partial charge in [0.25, 0.3) is 5.91 Å². The molecule has 1 heterocycles. The van der Waals surface area contributed by atoms with Crippen LogP contribution in [-0.4, -0.2) is 23.7 Å². The van der Waals surface area contributed by atoms with Crippen molar-refractivity contribution < 1.29 is 19.4 Å². The fourth-order valence-corrected chi connectivity index (χ4v) is 6.08. The Balaban J connectivity index is 1.10. The number of allylic oxidation sites excluding steroid dienone is 2. The normalized spacial score (nSPS) is 21.9. The highest BCUT2D eigenvalue weighted by Gasteiger charge is 2.31. The zero-order valence-corrected chi connectivity index (χ0v) is 23.1. The van der Waals surface area contributed by atoms with E-state index in [0.717, 1.165) is 61.1 Å². The second-order valence-corrected chi connectivity index (χ2v) is 11.6. The van der Waals surface area contributed by atoms with Crippen molar-refractivity contribution in [2.24, 2.45) is 0 Å². The molecule has 6 rings (SSSR count). The van der Waals surface area contributed by atoms with Crippen LogP contribution in [0.4, 0.5) is 0 Å². The summed E-state index contributed by atoms with van der Waals surface area (Å²) in [6.45, 7) is 0.529. The SMILES string of the molecule is O=C(NC1CCCC(c2ccc(Cl)cc2)C1)c1ccc(Oc2cc3c(cc2Cl)C(C(O)=C2CC2)CCO3)cc1. The molecule has 39 heavy (non-hydrogen) atoms. The van der Waals surface area contributed by atoms with Crippen LogP contribution in [0.5, 0.6) is 17.2 Å². The third-order valence-corrected chi connectivity index (χ3v) is 8.54. The van der Waals surface area contributed by atoms with Gasteiger partial charge in [-0.3, -0.25) is 4.79 Å². The highest BCUT2D eigenvalue weighted by atomic mass is 35.5. The van der Waals surface area contributed by atoms with Gasteiger partial charge in [-0.05, 0) is 98.0 Å². The number of ether oxygens (including phenoxy) is 2. The van der Waals surface area contributed by atoms with Crippen LogP contribution in [-0.2, 0) is 0 Å². The first kappa shape index (κ1) is 26.1. The van der Waals surface area contributed by atoms with Crippen LogP contribution >= 0.6 is 23.2 Å². The maximum absolute atomic E-state index is 13.0. The molecule has 3 aromatic carbocycles. The number of nitrogens with one attached hydrogen (secondary N) is 1. The Morgan fingerprint density at radius 3 is 2.49 bits per heavy atom. The smallest absolute Gasteiger partial charge is 0.251 e. The van der Waals surface area contributed by atoms with E-state index >= 15 is 0 Å². The molecule has 3 atom stereocenters. The number of fused-ring (bicyclic) bond motifs is 1. The zero-order valence-electron chi connectivity index (χ0n) is 21.6. The molecule has 2 aliphatic carbocycles. The lowest BCUT2D eigenvalue weighted by atomic mass is 9.81. The highest BCUT2D eigenvalue weighted by molar-refractivity contribution is 6.32. The van der Waals surface area contributed by atoms with Gasteiger partial charge in [0.1, 0.15) is 17.2 Å². The molecule has 3 aromatic rings. The summed E-state index contributed by atoms with van der Waals surface area (Å²) in [4.78, 5) is 13.0. The van der Waals surface area contributed by atoms with Crippen LogP contribution in [0.15, 0.2) is 72.0 Å². The first-order valence-corrected chi connectivity index (χ1v) is 14.4. The molecule has 2 N–H and O–H groups in total. The Bertz CT molecular complexity index is 1390. The van der Waals surface area contributed by atoms with Crippen LogP contribution in [0, 0.1) is 0 Å². The van der Waals surface area contributed by atoms with Crippen LogP contribution < -0.4 is 14.8 Å². The van der Waals surface area contributed by atoms with Gasteiger partial charge in [-0.25, -0.2) is 0 Å². The molecular formula is C32H31Cl2NO4. The monoisotopic (exact) mass is 563 g/mol. The van der Waals surface area contributed by atoms with E-state index in [9.17, 15) is 9.90 Å². The molecule has 3 aliphatic rings. The summed E-state index contributed by atoms with van der Waals surface area (Å²) < 4.78 is 11.9. The molecule has 3 unspecified atom stereocenters. The van der Waals surface area contributed by atoms with Crippen molar-refractivity contribution in [3.8, 4) is 17.2 Å². The number of benzene rings is 3. The van der Waals surface area contributed by atoms with Crippen LogP contribution in [0.25, 0.3) is 0 Å². The van der Waals surface area contributed by atoms with Crippen molar-refractivity contribution in [2.45, 2.75) is 62.8 Å². The maximum atomic E-state index is 13.0. The average Bonchev–Trinajstić information content (AvgIpc) is 3.80. The predicted molar refractivity (Wildman–Crippen MR) is 154 cm³/mol. The predicted octanol–water partition coefficient (Wildman–Crippen LogP) is 8.71. The summed E-state index contributed by atoms with van der Waals surface area (Å²) in [7, 11) is 0. The Hall–Kier alpha value is -3.15. The number of carbonyl (C=O) groups excluding carboxylic acids is 1. The van der Waals surface area contributed by atoms with E-state index in [0.29, 0.717) is 46.1 Å². The van der Waals surface area contributed by atoms with E-state index in [1.54, 1.807) is 30.3 Å². The summed E-state index contributed by atoms with van der Waals surface area (Å²) in [6.07, 6.45) is 6.75. The lowest BCUT2D eigenvalue weighted by molar-refractivity contribution is 0.0925. The molecule has 202 valence electrons. The Morgan fingerprint density at radius 2 is 1.74 bits per heavy atom. The Labute approximate surface area is 238 Å². The maximum Gasteiger partial charge on any atom is 0.251 e. The first-order valence-electron chi connectivity index (χ1n) is 13.7. The minimum Gasteiger partial charge on any atom is -0.512 e. The van der Waals surface area contributed by atoms with Gasteiger partial charge >= 0.3 is 0 Å². The molecule has 0 saturated heterocycles. The van der Waals surface area contributed by atoms with E-state index in [1.165, 1.54) is 5.56 Å². The van der Waals surface area contributed by atoms with Crippen LogP contribution in [0.3, 0.4) is 0 Å². The Morgan fingerprint density at radius 1 is 0.974 bits per heavy atom. The fraction of sp³-hybridized carbons (Fsp3) is 0.344. The molecule has 2 fully saturated rings. The van der Waals surface area contributed by atoms with Crippen molar-refractivity contribution >= 4 is 29.1 Å². The second-order valence-electron chi connectivity index (χ2n) is 10.7. The van der Waals surface area contributed by atoms with Gasteiger partial charge in [-0.1, -0.05) is 41.8 Å². The molecule has 0 spiro atoms.